The van der Waals surface area contributed by atoms with Gasteiger partial charge < -0.3 is 0 Å². The van der Waals surface area contributed by atoms with E-state index in [9.17, 15) is 0 Å². The van der Waals surface area contributed by atoms with Crippen molar-refractivity contribution in [2.75, 3.05) is 0 Å². The van der Waals surface area contributed by atoms with E-state index in [0.29, 0.717) is 0 Å². The second-order valence-electron chi connectivity index (χ2n) is 6.01. The zero-order valence-electron chi connectivity index (χ0n) is 16.8. The van der Waals surface area contributed by atoms with E-state index in [4.69, 9.17) is 0 Å². The van der Waals surface area contributed by atoms with Crippen molar-refractivity contribution in [1.29, 1.82) is 0 Å². The average molecular weight is 475 g/mol. The molecule has 0 aliphatic carbocycles. The Balaban J connectivity index is 0.00000196. The molecule has 0 aromatic heterocycles. The Hall–Kier alpha value is -0.970. The molecule has 0 nitrogen and oxygen atoms in total. The smallest absolute Gasteiger partial charge is 0.144 e. The highest BCUT2D eigenvalue weighted by Crippen LogP contribution is 2.53. The summed E-state index contributed by atoms with van der Waals surface area (Å²) in [6, 6.07) is 43.8. The van der Waals surface area contributed by atoms with Crippen molar-refractivity contribution >= 4 is 68.1 Å². The van der Waals surface area contributed by atoms with Gasteiger partial charge in [-0.15, -0.1) is 0 Å². The quantitative estimate of drug-likeness (QED) is 0.381. The zero-order valence-corrected chi connectivity index (χ0v) is 23.4. The third kappa shape index (κ3) is 5.59. The summed E-state index contributed by atoms with van der Waals surface area (Å²) in [5.41, 5.74) is 0. The Morgan fingerprint density at radius 3 is 0.621 bits per heavy atom. The Kier molecular flexibility index (Phi) is 12.9. The van der Waals surface area contributed by atoms with Crippen molar-refractivity contribution in [3.05, 3.63) is 121 Å². The second-order valence-corrected chi connectivity index (χ2v) is 9.42. The lowest BCUT2D eigenvalue weighted by Crippen LogP contribution is -2.38. The first-order chi connectivity index (χ1) is 12.4. The highest BCUT2D eigenvalue weighted by Gasteiger charge is 2.47. The van der Waals surface area contributed by atoms with Gasteiger partial charge in [-0.3, -0.25) is 0 Å². The predicted octanol–water partition coefficient (Wildman–Crippen LogP) is 4.54. The minimum absolute atomic E-state index is 0. The molecule has 4 aromatic rings. The van der Waals surface area contributed by atoms with Gasteiger partial charge in [0.05, 0.1) is 0 Å². The van der Waals surface area contributed by atoms with Gasteiger partial charge in [0.25, 0.3) is 0 Å². The Morgan fingerprint density at radius 2 is 0.448 bits per heavy atom. The highest BCUT2D eigenvalue weighted by molar-refractivity contribution is 8.01. The fourth-order valence-corrected chi connectivity index (χ4v) is 7.77. The van der Waals surface area contributed by atoms with E-state index in [-0.39, 0.29) is 39.6 Å². The third-order valence-electron chi connectivity index (χ3n) is 4.57. The van der Waals surface area contributed by atoms with Gasteiger partial charge in [-0.2, -0.15) is 39.6 Å². The monoisotopic (exact) mass is 475 g/mol. The molecular formula is C24H32P5+. The van der Waals surface area contributed by atoms with E-state index in [0.717, 1.165) is 0 Å². The van der Waals surface area contributed by atoms with Gasteiger partial charge >= 0.3 is 0 Å². The Labute approximate surface area is 189 Å². The maximum absolute atomic E-state index is 2.28. The summed E-state index contributed by atoms with van der Waals surface area (Å²) in [5, 5.41) is 5.55. The molecule has 0 saturated heterocycles. The second kappa shape index (κ2) is 13.4. The first-order valence-corrected chi connectivity index (χ1v) is 10.3. The standard InChI is InChI=1S/C24H20P.4H3P/c1-5-13-21(14-6-1)25(22-15-7-2-8-16-22,23-17-9-3-10-18-23)24-19-11-4-12-20-24;;;;/h1-20H;4*1H3/q+1;;;;. The van der Waals surface area contributed by atoms with E-state index in [1.54, 1.807) is 0 Å². The lowest BCUT2D eigenvalue weighted by Gasteiger charge is -2.27. The molecule has 4 rings (SSSR count). The third-order valence-corrected chi connectivity index (χ3v) is 8.86. The first-order valence-electron chi connectivity index (χ1n) is 8.54. The molecule has 4 atom stereocenters. The van der Waals surface area contributed by atoms with Crippen LogP contribution >= 0.6 is 46.9 Å². The van der Waals surface area contributed by atoms with Crippen LogP contribution in [0.2, 0.25) is 0 Å². The van der Waals surface area contributed by atoms with E-state index < -0.39 is 7.26 Å². The van der Waals surface area contributed by atoms with Crippen molar-refractivity contribution in [3.8, 4) is 0 Å². The summed E-state index contributed by atoms with van der Waals surface area (Å²) >= 11 is 0. The molecule has 4 unspecified atom stereocenters. The van der Waals surface area contributed by atoms with Crippen LogP contribution in [0.4, 0.5) is 0 Å². The van der Waals surface area contributed by atoms with Gasteiger partial charge in [0.1, 0.15) is 28.5 Å². The predicted molar refractivity (Wildman–Crippen MR) is 156 cm³/mol. The van der Waals surface area contributed by atoms with Crippen LogP contribution in [0.3, 0.4) is 0 Å². The van der Waals surface area contributed by atoms with Crippen molar-refractivity contribution in [1.82, 2.24) is 0 Å². The molecule has 0 saturated carbocycles. The van der Waals surface area contributed by atoms with Gasteiger partial charge in [-0.25, -0.2) is 0 Å². The first kappa shape index (κ1) is 28.0. The van der Waals surface area contributed by atoms with Crippen molar-refractivity contribution in [3.63, 3.8) is 0 Å². The van der Waals surface area contributed by atoms with E-state index in [1.165, 1.54) is 21.2 Å². The number of hydrogen-bond acceptors (Lipinski definition) is 0. The number of benzene rings is 4. The molecule has 29 heavy (non-hydrogen) atoms. The number of hydrogen-bond donors (Lipinski definition) is 0. The summed E-state index contributed by atoms with van der Waals surface area (Å²) in [5.74, 6) is 0. The van der Waals surface area contributed by atoms with Gasteiger partial charge in [0.2, 0.25) is 0 Å². The largest absolute Gasteiger partial charge is 0.153 e. The molecular weight excluding hydrogens is 443 g/mol. The molecule has 0 radical (unpaired) electrons. The molecule has 152 valence electrons. The van der Waals surface area contributed by atoms with Crippen LogP contribution in [0.1, 0.15) is 0 Å². The van der Waals surface area contributed by atoms with Gasteiger partial charge in [0.15, 0.2) is 0 Å². The van der Waals surface area contributed by atoms with Crippen LogP contribution in [0.5, 0.6) is 0 Å². The van der Waals surface area contributed by atoms with Crippen molar-refractivity contribution in [2.45, 2.75) is 0 Å². The Morgan fingerprint density at radius 1 is 0.276 bits per heavy atom. The van der Waals surface area contributed by atoms with Crippen molar-refractivity contribution < 1.29 is 0 Å². The molecule has 0 aliphatic rings. The van der Waals surface area contributed by atoms with E-state index >= 15 is 0 Å². The maximum atomic E-state index is 2.28. The molecule has 0 fully saturated rings. The summed E-state index contributed by atoms with van der Waals surface area (Å²) in [6.45, 7) is 0. The lowest BCUT2D eigenvalue weighted by atomic mass is 10.3. The summed E-state index contributed by atoms with van der Waals surface area (Å²) in [6.07, 6.45) is 0. The molecule has 0 bridgehead atoms. The van der Waals surface area contributed by atoms with Gasteiger partial charge in [-0.1, -0.05) is 72.8 Å². The average Bonchev–Trinajstić information content (AvgIpc) is 2.72. The molecule has 0 heterocycles. The Bertz CT molecular complexity index is 766. The van der Waals surface area contributed by atoms with Crippen LogP contribution in [0.25, 0.3) is 0 Å². The summed E-state index contributed by atoms with van der Waals surface area (Å²) in [7, 11) is -1.91. The van der Waals surface area contributed by atoms with Crippen LogP contribution in [0.15, 0.2) is 121 Å². The van der Waals surface area contributed by atoms with Crippen LogP contribution < -0.4 is 21.2 Å². The number of rotatable bonds is 4. The SMILES string of the molecule is P.P.P.P.c1ccc([P+](c2ccccc2)(c2ccccc2)c2ccccc2)cc1. The van der Waals surface area contributed by atoms with Crippen LogP contribution in [-0.4, -0.2) is 0 Å². The van der Waals surface area contributed by atoms with Crippen LogP contribution in [-0.2, 0) is 0 Å². The molecule has 0 amide bonds. The van der Waals surface area contributed by atoms with Gasteiger partial charge in [0, 0.05) is 0 Å². The molecule has 4 aromatic carbocycles. The topological polar surface area (TPSA) is 0 Å². The van der Waals surface area contributed by atoms with Crippen LogP contribution in [0, 0.1) is 0 Å². The van der Waals surface area contributed by atoms with E-state index in [2.05, 4.69) is 121 Å². The lowest BCUT2D eigenvalue weighted by molar-refractivity contribution is 1.71. The molecule has 5 heteroatoms. The normalized spacial score (nSPS) is 9.66. The summed E-state index contributed by atoms with van der Waals surface area (Å²) < 4.78 is 0. The minimum atomic E-state index is -1.91. The summed E-state index contributed by atoms with van der Waals surface area (Å²) in [4.78, 5) is 0. The maximum Gasteiger partial charge on any atom is 0.144 e. The fourth-order valence-electron chi connectivity index (χ4n) is 3.50. The van der Waals surface area contributed by atoms with E-state index in [1.807, 2.05) is 0 Å². The zero-order chi connectivity index (χ0) is 17.0. The molecule has 0 spiro atoms. The molecule has 0 N–H and O–H groups in total. The highest BCUT2D eigenvalue weighted by atomic mass is 31.2. The molecule has 0 aliphatic heterocycles. The minimum Gasteiger partial charge on any atom is -0.153 e. The van der Waals surface area contributed by atoms with Crippen molar-refractivity contribution in [2.24, 2.45) is 0 Å². The van der Waals surface area contributed by atoms with Gasteiger partial charge in [-0.05, 0) is 48.5 Å². The fraction of sp³-hybridized carbons (Fsp3) is 0.